The van der Waals surface area contributed by atoms with Crippen LogP contribution in [0.4, 0.5) is 5.82 Å². The van der Waals surface area contributed by atoms with Crippen LogP contribution < -0.4 is 11.1 Å². The highest BCUT2D eigenvalue weighted by Gasteiger charge is 2.18. The number of carbonyl (C=O) groups excluding carboxylic acids is 1. The number of hydrogen-bond donors (Lipinski definition) is 2. The van der Waals surface area contributed by atoms with E-state index in [-0.39, 0.29) is 11.3 Å². The Kier molecular flexibility index (Phi) is 5.28. The van der Waals surface area contributed by atoms with Crippen molar-refractivity contribution in [3.63, 3.8) is 0 Å². The molecule has 1 rings (SSSR count). The van der Waals surface area contributed by atoms with E-state index in [0.717, 1.165) is 18.4 Å². The van der Waals surface area contributed by atoms with Crippen LogP contribution in [0.25, 0.3) is 0 Å². The van der Waals surface area contributed by atoms with E-state index in [1.807, 2.05) is 19.1 Å². The Morgan fingerprint density at radius 2 is 2.11 bits per heavy atom. The Bertz CT molecular complexity index is 385. The first-order chi connectivity index (χ1) is 8.43. The Morgan fingerprint density at radius 1 is 1.39 bits per heavy atom. The molecule has 0 fully saturated rings. The van der Waals surface area contributed by atoms with Crippen LogP contribution >= 0.6 is 0 Å². The van der Waals surface area contributed by atoms with Crippen molar-refractivity contribution in [3.05, 3.63) is 23.9 Å². The SMILES string of the molecule is Cc1ccc(NC(=O)CCC(C)(C)CCN)nc1. The summed E-state index contributed by atoms with van der Waals surface area (Å²) >= 11 is 0. The fraction of sp³-hybridized carbons (Fsp3) is 0.571. The summed E-state index contributed by atoms with van der Waals surface area (Å²) in [6, 6.07) is 3.75. The summed E-state index contributed by atoms with van der Waals surface area (Å²) in [4.78, 5) is 15.9. The molecule has 1 amide bonds. The molecule has 0 aliphatic carbocycles. The molecular weight excluding hydrogens is 226 g/mol. The summed E-state index contributed by atoms with van der Waals surface area (Å²) in [5.74, 6) is 0.624. The maximum atomic E-state index is 11.8. The van der Waals surface area contributed by atoms with Crippen LogP contribution in [0, 0.1) is 12.3 Å². The fourth-order valence-corrected chi connectivity index (χ4v) is 1.71. The van der Waals surface area contributed by atoms with Gasteiger partial charge in [0.05, 0.1) is 0 Å². The van der Waals surface area contributed by atoms with E-state index in [1.54, 1.807) is 6.20 Å². The molecule has 1 aromatic rings. The lowest BCUT2D eigenvalue weighted by Gasteiger charge is -2.23. The number of aromatic nitrogens is 1. The molecule has 0 aliphatic rings. The first kappa shape index (κ1) is 14.6. The summed E-state index contributed by atoms with van der Waals surface area (Å²) in [5.41, 5.74) is 6.75. The van der Waals surface area contributed by atoms with E-state index in [4.69, 9.17) is 5.73 Å². The van der Waals surface area contributed by atoms with Gasteiger partial charge in [0, 0.05) is 12.6 Å². The van der Waals surface area contributed by atoms with E-state index in [1.165, 1.54) is 0 Å². The topological polar surface area (TPSA) is 68.0 Å². The number of nitrogens with two attached hydrogens (primary N) is 1. The van der Waals surface area contributed by atoms with Crippen molar-refractivity contribution >= 4 is 11.7 Å². The van der Waals surface area contributed by atoms with E-state index in [2.05, 4.69) is 24.1 Å². The minimum absolute atomic E-state index is 0.0106. The van der Waals surface area contributed by atoms with Gasteiger partial charge in [-0.2, -0.15) is 0 Å². The lowest BCUT2D eigenvalue weighted by Crippen LogP contribution is -2.20. The maximum absolute atomic E-state index is 11.8. The average molecular weight is 249 g/mol. The number of aryl methyl sites for hydroxylation is 1. The zero-order valence-electron chi connectivity index (χ0n) is 11.5. The molecule has 1 heterocycles. The highest BCUT2D eigenvalue weighted by molar-refractivity contribution is 5.89. The summed E-state index contributed by atoms with van der Waals surface area (Å²) in [5, 5.41) is 2.80. The van der Waals surface area contributed by atoms with Crippen molar-refractivity contribution in [3.8, 4) is 0 Å². The van der Waals surface area contributed by atoms with E-state index in [0.29, 0.717) is 18.8 Å². The highest BCUT2D eigenvalue weighted by atomic mass is 16.1. The van der Waals surface area contributed by atoms with Gasteiger partial charge >= 0.3 is 0 Å². The van der Waals surface area contributed by atoms with Crippen LogP contribution in [0.1, 0.15) is 38.7 Å². The lowest BCUT2D eigenvalue weighted by atomic mass is 9.84. The van der Waals surface area contributed by atoms with E-state index < -0.39 is 0 Å². The van der Waals surface area contributed by atoms with Gasteiger partial charge in [-0.3, -0.25) is 4.79 Å². The van der Waals surface area contributed by atoms with Crippen LogP contribution in [0.5, 0.6) is 0 Å². The first-order valence-electron chi connectivity index (χ1n) is 6.35. The standard InChI is InChI=1S/C14H23N3O/c1-11-4-5-12(16-10-11)17-13(18)6-7-14(2,3)8-9-15/h4-5,10H,6-9,15H2,1-3H3,(H,16,17,18). The van der Waals surface area contributed by atoms with Crippen molar-refractivity contribution in [2.24, 2.45) is 11.1 Å². The zero-order chi connectivity index (χ0) is 13.6. The minimum Gasteiger partial charge on any atom is -0.330 e. The number of rotatable bonds is 6. The third-order valence-electron chi connectivity index (χ3n) is 3.03. The third-order valence-corrected chi connectivity index (χ3v) is 3.03. The molecule has 0 bridgehead atoms. The molecule has 0 radical (unpaired) electrons. The molecule has 100 valence electrons. The van der Waals surface area contributed by atoms with Gasteiger partial charge < -0.3 is 11.1 Å². The average Bonchev–Trinajstić information content (AvgIpc) is 2.30. The van der Waals surface area contributed by atoms with Gasteiger partial charge in [0.25, 0.3) is 0 Å². The second-order valence-electron chi connectivity index (χ2n) is 5.47. The predicted octanol–water partition coefficient (Wildman–Crippen LogP) is 2.48. The Hall–Kier alpha value is -1.42. The van der Waals surface area contributed by atoms with Crippen molar-refractivity contribution in [1.82, 2.24) is 4.98 Å². The number of nitrogens with zero attached hydrogens (tertiary/aromatic N) is 1. The van der Waals surface area contributed by atoms with Crippen LogP contribution in [0.3, 0.4) is 0 Å². The Balaban J connectivity index is 2.40. The molecule has 0 saturated carbocycles. The lowest BCUT2D eigenvalue weighted by molar-refractivity contribution is -0.116. The van der Waals surface area contributed by atoms with Crippen molar-refractivity contribution in [1.29, 1.82) is 0 Å². The minimum atomic E-state index is 0.0106. The van der Waals surface area contributed by atoms with Gasteiger partial charge in [0.2, 0.25) is 5.91 Å². The van der Waals surface area contributed by atoms with Gasteiger partial charge in [0.15, 0.2) is 0 Å². The first-order valence-corrected chi connectivity index (χ1v) is 6.35. The molecule has 18 heavy (non-hydrogen) atoms. The number of carbonyl (C=O) groups is 1. The zero-order valence-corrected chi connectivity index (χ0v) is 11.5. The molecule has 0 aliphatic heterocycles. The van der Waals surface area contributed by atoms with Crippen molar-refractivity contribution in [2.45, 2.75) is 40.0 Å². The molecular formula is C14H23N3O. The highest BCUT2D eigenvalue weighted by Crippen LogP contribution is 2.25. The van der Waals surface area contributed by atoms with Gasteiger partial charge in [-0.1, -0.05) is 19.9 Å². The second kappa shape index (κ2) is 6.50. The molecule has 4 nitrogen and oxygen atoms in total. The number of pyridine rings is 1. The molecule has 1 aromatic heterocycles. The van der Waals surface area contributed by atoms with E-state index in [9.17, 15) is 4.79 Å². The number of amides is 1. The molecule has 4 heteroatoms. The fourth-order valence-electron chi connectivity index (χ4n) is 1.71. The monoisotopic (exact) mass is 249 g/mol. The van der Waals surface area contributed by atoms with Gasteiger partial charge in [-0.05, 0) is 43.4 Å². The predicted molar refractivity (Wildman–Crippen MR) is 74.3 cm³/mol. The number of hydrogen-bond acceptors (Lipinski definition) is 3. The largest absolute Gasteiger partial charge is 0.330 e. The van der Waals surface area contributed by atoms with E-state index >= 15 is 0 Å². The Labute approximate surface area is 109 Å². The summed E-state index contributed by atoms with van der Waals surface area (Å²) < 4.78 is 0. The van der Waals surface area contributed by atoms with Gasteiger partial charge in [-0.25, -0.2) is 4.98 Å². The van der Waals surface area contributed by atoms with Crippen LogP contribution in [-0.4, -0.2) is 17.4 Å². The quantitative estimate of drug-likeness (QED) is 0.814. The summed E-state index contributed by atoms with van der Waals surface area (Å²) in [7, 11) is 0. The molecule has 0 spiro atoms. The molecule has 0 aromatic carbocycles. The van der Waals surface area contributed by atoms with Crippen molar-refractivity contribution < 1.29 is 4.79 Å². The van der Waals surface area contributed by atoms with Gasteiger partial charge in [0.1, 0.15) is 5.82 Å². The second-order valence-corrected chi connectivity index (χ2v) is 5.47. The normalized spacial score (nSPS) is 11.3. The van der Waals surface area contributed by atoms with Crippen molar-refractivity contribution in [2.75, 3.05) is 11.9 Å². The molecule has 0 unspecified atom stereocenters. The molecule has 0 atom stereocenters. The van der Waals surface area contributed by atoms with Crippen LogP contribution in [0.15, 0.2) is 18.3 Å². The smallest absolute Gasteiger partial charge is 0.225 e. The number of nitrogens with one attached hydrogen (secondary N) is 1. The van der Waals surface area contributed by atoms with Crippen LogP contribution in [0.2, 0.25) is 0 Å². The molecule has 0 saturated heterocycles. The maximum Gasteiger partial charge on any atom is 0.225 e. The number of anilines is 1. The Morgan fingerprint density at radius 3 is 2.67 bits per heavy atom. The van der Waals surface area contributed by atoms with Crippen LogP contribution in [-0.2, 0) is 4.79 Å². The summed E-state index contributed by atoms with van der Waals surface area (Å²) in [6.45, 7) is 6.90. The van der Waals surface area contributed by atoms with Gasteiger partial charge in [-0.15, -0.1) is 0 Å². The third kappa shape index (κ3) is 5.27. The molecule has 3 N–H and O–H groups in total. The summed E-state index contributed by atoms with van der Waals surface area (Å²) in [6.07, 6.45) is 4.02.